The Kier molecular flexibility index (Phi) is 3.82. The maximum atomic E-state index is 12.9. The summed E-state index contributed by atoms with van der Waals surface area (Å²) >= 11 is 11.7. The summed E-state index contributed by atoms with van der Waals surface area (Å²) in [6.45, 7) is 0. The zero-order chi connectivity index (χ0) is 16.8. The molecule has 0 spiro atoms. The summed E-state index contributed by atoms with van der Waals surface area (Å²) in [5, 5.41) is 0.297. The largest absolute Gasteiger partial charge is 0.417 e. The first kappa shape index (κ1) is 15.8. The topological polar surface area (TPSA) is 34.4 Å². The fourth-order valence-corrected chi connectivity index (χ4v) is 2.59. The smallest absolute Gasteiger partial charge is 0.296 e. The summed E-state index contributed by atoms with van der Waals surface area (Å²) in [4.78, 5) is 15.6. The number of rotatable bonds is 2. The van der Waals surface area contributed by atoms with Crippen LogP contribution in [0, 0.1) is 0 Å². The molecule has 0 saturated carbocycles. The van der Waals surface area contributed by atoms with Crippen molar-refractivity contribution in [2.75, 3.05) is 0 Å². The molecule has 0 atom stereocenters. The monoisotopic (exact) mass is 358 g/mol. The molecule has 2 aromatic heterocycles. The van der Waals surface area contributed by atoms with Gasteiger partial charge in [0, 0.05) is 16.8 Å². The highest BCUT2D eigenvalue weighted by molar-refractivity contribution is 6.33. The quantitative estimate of drug-likeness (QED) is 0.594. The molecule has 0 aliphatic rings. The highest BCUT2D eigenvalue weighted by Crippen LogP contribution is 2.34. The summed E-state index contributed by atoms with van der Waals surface area (Å²) in [5.74, 6) is 0. The molecule has 0 amide bonds. The normalized spacial score (nSPS) is 11.9. The van der Waals surface area contributed by atoms with E-state index in [0.29, 0.717) is 16.9 Å². The molecule has 0 unspecified atom stereocenters. The number of imidazole rings is 1. The Labute approximate surface area is 138 Å². The number of halogens is 5. The molecule has 0 saturated heterocycles. The number of pyridine rings is 1. The van der Waals surface area contributed by atoms with E-state index in [0.717, 1.165) is 16.7 Å². The van der Waals surface area contributed by atoms with Gasteiger partial charge in [-0.25, -0.2) is 4.98 Å². The summed E-state index contributed by atoms with van der Waals surface area (Å²) in [7, 11) is 0. The van der Waals surface area contributed by atoms with Gasteiger partial charge in [0.1, 0.15) is 11.4 Å². The minimum absolute atomic E-state index is 0.0182. The van der Waals surface area contributed by atoms with E-state index in [1.165, 1.54) is 0 Å². The van der Waals surface area contributed by atoms with Gasteiger partial charge >= 0.3 is 6.18 Å². The molecule has 0 bridgehead atoms. The minimum Gasteiger partial charge on any atom is -0.296 e. The van der Waals surface area contributed by atoms with Crippen LogP contribution in [-0.2, 0) is 6.18 Å². The number of alkyl halides is 3. The zero-order valence-corrected chi connectivity index (χ0v) is 12.7. The van der Waals surface area contributed by atoms with Crippen LogP contribution in [0.4, 0.5) is 13.2 Å². The number of benzene rings is 1. The van der Waals surface area contributed by atoms with Crippen LogP contribution < -0.4 is 0 Å². The molecule has 3 aromatic rings. The van der Waals surface area contributed by atoms with Crippen LogP contribution in [-0.4, -0.2) is 15.7 Å². The predicted octanol–water partition coefficient (Wildman–Crippen LogP) is 5.14. The summed E-state index contributed by atoms with van der Waals surface area (Å²) < 4.78 is 39.8. The first-order chi connectivity index (χ1) is 10.8. The lowest BCUT2D eigenvalue weighted by molar-refractivity contribution is -0.137. The number of hydrogen-bond acceptors (Lipinski definition) is 2. The van der Waals surface area contributed by atoms with Gasteiger partial charge in [-0.15, -0.1) is 0 Å². The van der Waals surface area contributed by atoms with Crippen LogP contribution in [0.5, 0.6) is 0 Å². The van der Waals surface area contributed by atoms with Gasteiger partial charge in [-0.3, -0.25) is 9.20 Å². The fraction of sp³-hybridized carbons (Fsp3) is 0.0667. The molecular formula is C15H7Cl2F3N2O. The van der Waals surface area contributed by atoms with Gasteiger partial charge in [-0.2, -0.15) is 13.2 Å². The fourth-order valence-electron chi connectivity index (χ4n) is 2.21. The second-order valence-corrected chi connectivity index (χ2v) is 5.58. The highest BCUT2D eigenvalue weighted by Gasteiger charge is 2.32. The van der Waals surface area contributed by atoms with E-state index in [2.05, 4.69) is 4.98 Å². The van der Waals surface area contributed by atoms with Crippen LogP contribution >= 0.6 is 23.2 Å². The van der Waals surface area contributed by atoms with Crippen molar-refractivity contribution in [3.8, 4) is 11.3 Å². The third-order valence-electron chi connectivity index (χ3n) is 3.27. The summed E-state index contributed by atoms with van der Waals surface area (Å²) in [5.41, 5.74) is -0.122. The molecule has 3 rings (SSSR count). The van der Waals surface area contributed by atoms with Gasteiger partial charge in [0.15, 0.2) is 11.9 Å². The zero-order valence-electron chi connectivity index (χ0n) is 11.2. The van der Waals surface area contributed by atoms with Crippen molar-refractivity contribution < 1.29 is 18.0 Å². The number of carbonyl (C=O) groups is 1. The Balaban J connectivity index is 2.31. The van der Waals surface area contributed by atoms with Crippen LogP contribution in [0.25, 0.3) is 16.9 Å². The molecule has 118 valence electrons. The van der Waals surface area contributed by atoms with Crippen molar-refractivity contribution in [3.05, 3.63) is 57.8 Å². The number of carbonyl (C=O) groups excluding carboxylic acids is 1. The van der Waals surface area contributed by atoms with E-state index >= 15 is 0 Å². The van der Waals surface area contributed by atoms with E-state index in [1.807, 2.05) is 0 Å². The molecule has 2 heterocycles. The Bertz CT molecular complexity index is 902. The van der Waals surface area contributed by atoms with Crippen molar-refractivity contribution in [2.24, 2.45) is 0 Å². The number of nitrogens with zero attached hydrogens (tertiary/aromatic N) is 2. The minimum atomic E-state index is -4.58. The third kappa shape index (κ3) is 2.80. The van der Waals surface area contributed by atoms with Gasteiger partial charge in [-0.05, 0) is 18.2 Å². The van der Waals surface area contributed by atoms with Crippen molar-refractivity contribution in [1.29, 1.82) is 0 Å². The average molecular weight is 359 g/mol. The highest BCUT2D eigenvalue weighted by atomic mass is 35.5. The van der Waals surface area contributed by atoms with Gasteiger partial charge in [0.25, 0.3) is 0 Å². The SMILES string of the molecule is O=Cc1c(-c2ccc(Cl)cc2)nc2c(Cl)cc(C(F)(F)F)cn12. The first-order valence-corrected chi connectivity index (χ1v) is 7.07. The number of fused-ring (bicyclic) bond motifs is 1. The molecular weight excluding hydrogens is 352 g/mol. The lowest BCUT2D eigenvalue weighted by Crippen LogP contribution is -2.07. The standard InChI is InChI=1S/C15H7Cl2F3N2O/c16-10-3-1-8(2-4-10)13-12(7-23)22-6-9(15(18,19)20)5-11(17)14(22)21-13/h1-7H. The lowest BCUT2D eigenvalue weighted by Gasteiger charge is -2.08. The van der Waals surface area contributed by atoms with E-state index < -0.39 is 11.7 Å². The van der Waals surface area contributed by atoms with E-state index in [-0.39, 0.29) is 22.1 Å². The second-order valence-electron chi connectivity index (χ2n) is 4.74. The number of aromatic nitrogens is 2. The van der Waals surface area contributed by atoms with Crippen LogP contribution in [0.2, 0.25) is 10.0 Å². The van der Waals surface area contributed by atoms with Gasteiger partial charge in [0.2, 0.25) is 0 Å². The summed E-state index contributed by atoms with van der Waals surface area (Å²) in [6, 6.07) is 7.21. The second kappa shape index (κ2) is 5.54. The number of hydrogen-bond donors (Lipinski definition) is 0. The van der Waals surface area contributed by atoms with Crippen molar-refractivity contribution in [2.45, 2.75) is 6.18 Å². The Hall–Kier alpha value is -2.05. The predicted molar refractivity (Wildman–Crippen MR) is 81.0 cm³/mol. The maximum Gasteiger partial charge on any atom is 0.417 e. The van der Waals surface area contributed by atoms with E-state index in [1.54, 1.807) is 24.3 Å². The Morgan fingerprint density at radius 1 is 1.13 bits per heavy atom. The van der Waals surface area contributed by atoms with Gasteiger partial charge in [-0.1, -0.05) is 35.3 Å². The molecule has 0 N–H and O–H groups in total. The average Bonchev–Trinajstić information content (AvgIpc) is 2.86. The molecule has 23 heavy (non-hydrogen) atoms. The molecule has 0 fully saturated rings. The van der Waals surface area contributed by atoms with Crippen molar-refractivity contribution in [3.63, 3.8) is 0 Å². The Morgan fingerprint density at radius 2 is 1.78 bits per heavy atom. The van der Waals surface area contributed by atoms with Gasteiger partial charge < -0.3 is 0 Å². The molecule has 8 heteroatoms. The van der Waals surface area contributed by atoms with Crippen molar-refractivity contribution in [1.82, 2.24) is 9.38 Å². The lowest BCUT2D eigenvalue weighted by atomic mass is 10.1. The molecule has 3 nitrogen and oxygen atoms in total. The van der Waals surface area contributed by atoms with Gasteiger partial charge in [0.05, 0.1) is 10.6 Å². The Morgan fingerprint density at radius 3 is 2.35 bits per heavy atom. The molecule has 0 aliphatic carbocycles. The number of aldehydes is 1. The van der Waals surface area contributed by atoms with Crippen molar-refractivity contribution >= 4 is 35.1 Å². The maximum absolute atomic E-state index is 12.9. The summed E-state index contributed by atoms with van der Waals surface area (Å²) in [6.07, 6.45) is -3.33. The van der Waals surface area contributed by atoms with Crippen LogP contribution in [0.1, 0.15) is 16.1 Å². The van der Waals surface area contributed by atoms with E-state index in [9.17, 15) is 18.0 Å². The molecule has 1 aromatic carbocycles. The van der Waals surface area contributed by atoms with Crippen LogP contribution in [0.15, 0.2) is 36.5 Å². The molecule has 0 radical (unpaired) electrons. The molecule has 0 aliphatic heterocycles. The first-order valence-electron chi connectivity index (χ1n) is 6.31. The third-order valence-corrected chi connectivity index (χ3v) is 3.80. The van der Waals surface area contributed by atoms with Crippen LogP contribution in [0.3, 0.4) is 0 Å². The van der Waals surface area contributed by atoms with E-state index in [4.69, 9.17) is 23.2 Å².